The summed E-state index contributed by atoms with van der Waals surface area (Å²) in [4.78, 5) is 25.5. The Bertz CT molecular complexity index is 538. The zero-order valence-corrected chi connectivity index (χ0v) is 13.6. The number of carboxylic acids is 1. The van der Waals surface area contributed by atoms with Crippen LogP contribution < -0.4 is 0 Å². The summed E-state index contributed by atoms with van der Waals surface area (Å²) >= 11 is 5.99. The van der Waals surface area contributed by atoms with Crippen molar-refractivity contribution in [3.05, 3.63) is 34.9 Å². The molecule has 1 saturated carbocycles. The zero-order valence-electron chi connectivity index (χ0n) is 12.8. The summed E-state index contributed by atoms with van der Waals surface area (Å²) in [6, 6.07) is 7.53. The molecule has 0 unspecified atom stereocenters. The number of carbonyl (C=O) groups is 2. The molecular weight excluding hydrogens is 302 g/mol. The standard InChI is InChI=1S/C17H22ClNO3/c1-2-19(11-12-4-3-5-15(18)10-12)16(20)13-6-8-14(9-7-13)17(21)22/h3-5,10,13-14H,2,6-9,11H2,1H3,(H,21,22). The maximum Gasteiger partial charge on any atom is 0.306 e. The lowest BCUT2D eigenvalue weighted by atomic mass is 9.81. The number of hydrogen-bond acceptors (Lipinski definition) is 2. The molecule has 0 bridgehead atoms. The maximum absolute atomic E-state index is 12.6. The van der Waals surface area contributed by atoms with Gasteiger partial charge < -0.3 is 10.0 Å². The lowest BCUT2D eigenvalue weighted by Gasteiger charge is -2.30. The van der Waals surface area contributed by atoms with Crippen molar-refractivity contribution < 1.29 is 14.7 Å². The summed E-state index contributed by atoms with van der Waals surface area (Å²) in [6.45, 7) is 3.16. The minimum Gasteiger partial charge on any atom is -0.481 e. The van der Waals surface area contributed by atoms with E-state index in [-0.39, 0.29) is 17.7 Å². The van der Waals surface area contributed by atoms with Crippen molar-refractivity contribution in [2.45, 2.75) is 39.2 Å². The van der Waals surface area contributed by atoms with Gasteiger partial charge in [-0.1, -0.05) is 23.7 Å². The van der Waals surface area contributed by atoms with E-state index in [9.17, 15) is 9.59 Å². The number of hydrogen-bond donors (Lipinski definition) is 1. The second kappa shape index (κ2) is 7.63. The molecule has 1 aromatic carbocycles. The minimum absolute atomic E-state index is 0.0465. The van der Waals surface area contributed by atoms with Gasteiger partial charge in [-0.3, -0.25) is 9.59 Å². The molecule has 120 valence electrons. The van der Waals surface area contributed by atoms with E-state index in [0.29, 0.717) is 43.8 Å². The summed E-state index contributed by atoms with van der Waals surface area (Å²) in [5.74, 6) is -0.940. The molecule has 1 aromatic rings. The highest BCUT2D eigenvalue weighted by molar-refractivity contribution is 6.30. The van der Waals surface area contributed by atoms with Gasteiger partial charge >= 0.3 is 5.97 Å². The lowest BCUT2D eigenvalue weighted by Crippen LogP contribution is -2.37. The average molecular weight is 324 g/mol. The summed E-state index contributed by atoms with van der Waals surface area (Å²) in [5.41, 5.74) is 1.02. The largest absolute Gasteiger partial charge is 0.481 e. The van der Waals surface area contributed by atoms with E-state index in [0.717, 1.165) is 5.56 Å². The number of carbonyl (C=O) groups excluding carboxylic acids is 1. The van der Waals surface area contributed by atoms with Gasteiger partial charge in [-0.15, -0.1) is 0 Å². The van der Waals surface area contributed by atoms with Crippen molar-refractivity contribution in [2.75, 3.05) is 6.54 Å². The van der Waals surface area contributed by atoms with Gasteiger partial charge in [-0.05, 0) is 50.3 Å². The number of carboxylic acid groups (broad SMARTS) is 1. The molecule has 0 saturated heterocycles. The van der Waals surface area contributed by atoms with Crippen LogP contribution in [0, 0.1) is 11.8 Å². The lowest BCUT2D eigenvalue weighted by molar-refractivity contribution is -0.145. The van der Waals surface area contributed by atoms with E-state index in [4.69, 9.17) is 16.7 Å². The van der Waals surface area contributed by atoms with Gasteiger partial charge in [0.05, 0.1) is 5.92 Å². The zero-order chi connectivity index (χ0) is 16.1. The van der Waals surface area contributed by atoms with Crippen LogP contribution in [0.3, 0.4) is 0 Å². The molecule has 0 radical (unpaired) electrons. The second-order valence-corrected chi connectivity index (χ2v) is 6.31. The molecule has 5 heteroatoms. The molecule has 1 amide bonds. The molecule has 0 spiro atoms. The van der Waals surface area contributed by atoms with Crippen LogP contribution in [-0.4, -0.2) is 28.4 Å². The molecular formula is C17H22ClNO3. The monoisotopic (exact) mass is 323 g/mol. The van der Waals surface area contributed by atoms with Gasteiger partial charge in [-0.25, -0.2) is 0 Å². The highest BCUT2D eigenvalue weighted by Crippen LogP contribution is 2.30. The highest BCUT2D eigenvalue weighted by atomic mass is 35.5. The molecule has 0 aromatic heterocycles. The highest BCUT2D eigenvalue weighted by Gasteiger charge is 2.31. The van der Waals surface area contributed by atoms with Gasteiger partial charge in [0.2, 0.25) is 5.91 Å². The predicted molar refractivity (Wildman–Crippen MR) is 85.6 cm³/mol. The number of rotatable bonds is 5. The molecule has 22 heavy (non-hydrogen) atoms. The number of amides is 1. The number of halogens is 1. The Morgan fingerprint density at radius 1 is 1.23 bits per heavy atom. The summed E-state index contributed by atoms with van der Waals surface area (Å²) in [7, 11) is 0. The van der Waals surface area contributed by atoms with Gasteiger partial charge in [0.25, 0.3) is 0 Å². The fourth-order valence-corrected chi connectivity index (χ4v) is 3.26. The van der Waals surface area contributed by atoms with Gasteiger partial charge in [-0.2, -0.15) is 0 Å². The Balaban J connectivity index is 1.96. The first-order valence-corrected chi connectivity index (χ1v) is 8.15. The van der Waals surface area contributed by atoms with E-state index in [1.54, 1.807) is 0 Å². The van der Waals surface area contributed by atoms with Crippen LogP contribution in [0.4, 0.5) is 0 Å². The minimum atomic E-state index is -0.739. The number of aliphatic carboxylic acids is 1. The quantitative estimate of drug-likeness (QED) is 0.901. The summed E-state index contributed by atoms with van der Waals surface area (Å²) in [5, 5.41) is 9.70. The topological polar surface area (TPSA) is 57.6 Å². The van der Waals surface area contributed by atoms with Crippen LogP contribution in [0.1, 0.15) is 38.2 Å². The molecule has 1 aliphatic rings. The smallest absolute Gasteiger partial charge is 0.306 e. The summed E-state index contributed by atoms with van der Waals surface area (Å²) in [6.07, 6.45) is 2.53. The Morgan fingerprint density at radius 2 is 1.86 bits per heavy atom. The fourth-order valence-electron chi connectivity index (χ4n) is 3.05. The Labute approximate surface area is 136 Å². The van der Waals surface area contributed by atoms with Crippen molar-refractivity contribution in [3.63, 3.8) is 0 Å². The van der Waals surface area contributed by atoms with Gasteiger partial charge in [0.15, 0.2) is 0 Å². The van der Waals surface area contributed by atoms with Gasteiger partial charge in [0, 0.05) is 24.0 Å². The Hall–Kier alpha value is -1.55. The summed E-state index contributed by atoms with van der Waals surface area (Å²) < 4.78 is 0. The van der Waals surface area contributed by atoms with Crippen molar-refractivity contribution in [3.8, 4) is 0 Å². The van der Waals surface area contributed by atoms with Crippen molar-refractivity contribution in [2.24, 2.45) is 11.8 Å². The fraction of sp³-hybridized carbons (Fsp3) is 0.529. The first-order chi connectivity index (χ1) is 10.5. The Morgan fingerprint density at radius 3 is 2.41 bits per heavy atom. The average Bonchev–Trinajstić information content (AvgIpc) is 2.52. The SMILES string of the molecule is CCN(Cc1cccc(Cl)c1)C(=O)C1CCC(C(=O)O)CC1. The molecule has 4 nitrogen and oxygen atoms in total. The predicted octanol–water partition coefficient (Wildman–Crippen LogP) is 3.58. The normalized spacial score (nSPS) is 21.4. The van der Waals surface area contributed by atoms with Crippen LogP contribution in [0.2, 0.25) is 5.02 Å². The Kier molecular flexibility index (Phi) is 5.83. The van der Waals surface area contributed by atoms with Crippen LogP contribution in [0.5, 0.6) is 0 Å². The maximum atomic E-state index is 12.6. The van der Waals surface area contributed by atoms with Crippen LogP contribution in [0.15, 0.2) is 24.3 Å². The van der Waals surface area contributed by atoms with E-state index in [2.05, 4.69) is 0 Å². The van der Waals surface area contributed by atoms with Crippen molar-refractivity contribution in [1.29, 1.82) is 0 Å². The third kappa shape index (κ3) is 4.23. The van der Waals surface area contributed by atoms with Crippen LogP contribution >= 0.6 is 11.6 Å². The molecule has 1 N–H and O–H groups in total. The first kappa shape index (κ1) is 16.8. The van der Waals surface area contributed by atoms with Crippen LogP contribution in [0.25, 0.3) is 0 Å². The van der Waals surface area contributed by atoms with E-state index in [1.165, 1.54) is 0 Å². The van der Waals surface area contributed by atoms with Gasteiger partial charge in [0.1, 0.15) is 0 Å². The van der Waals surface area contributed by atoms with E-state index in [1.807, 2.05) is 36.1 Å². The molecule has 0 aliphatic heterocycles. The van der Waals surface area contributed by atoms with E-state index < -0.39 is 5.97 Å². The third-order valence-electron chi connectivity index (χ3n) is 4.38. The van der Waals surface area contributed by atoms with Crippen molar-refractivity contribution in [1.82, 2.24) is 4.90 Å². The second-order valence-electron chi connectivity index (χ2n) is 5.87. The van der Waals surface area contributed by atoms with Crippen LogP contribution in [-0.2, 0) is 16.1 Å². The number of nitrogens with zero attached hydrogens (tertiary/aromatic N) is 1. The molecule has 1 fully saturated rings. The molecule has 0 heterocycles. The number of benzene rings is 1. The first-order valence-electron chi connectivity index (χ1n) is 7.77. The molecule has 2 rings (SSSR count). The molecule has 1 aliphatic carbocycles. The molecule has 0 atom stereocenters. The van der Waals surface area contributed by atoms with Crippen molar-refractivity contribution >= 4 is 23.5 Å². The van der Waals surface area contributed by atoms with E-state index >= 15 is 0 Å². The third-order valence-corrected chi connectivity index (χ3v) is 4.62.